The van der Waals surface area contributed by atoms with Gasteiger partial charge in [0.15, 0.2) is 5.76 Å². The average Bonchev–Trinajstić information content (AvgIpc) is 2.61. The molecule has 11 N–H and O–H groups in total. The Balaban J connectivity index is 2.67. The molecule has 1 aliphatic carbocycles. The molecule has 1 atom stereocenters. The molecule has 0 bridgehead atoms. The van der Waals surface area contributed by atoms with Crippen LogP contribution in [0.4, 0.5) is 0 Å². The highest BCUT2D eigenvalue weighted by Gasteiger charge is 2.39. The first-order valence-corrected chi connectivity index (χ1v) is 5.11. The highest BCUT2D eigenvalue weighted by Crippen LogP contribution is 2.30. The Morgan fingerprint density at radius 1 is 1.00 bits per heavy atom. The lowest BCUT2D eigenvalue weighted by atomic mass is 9.89. The van der Waals surface area contributed by atoms with E-state index >= 15 is 0 Å². The number of ether oxygens (including phenoxy) is 1. The molecule has 2 rings (SSSR count). The first-order valence-electron chi connectivity index (χ1n) is 5.11. The minimum Gasteiger partial charge on any atom is -0.506 e. The van der Waals surface area contributed by atoms with Gasteiger partial charge in [0.05, 0.1) is 22.8 Å². The van der Waals surface area contributed by atoms with Crippen molar-refractivity contribution in [2.24, 2.45) is 22.9 Å². The Bertz CT molecular complexity index is 627. The van der Waals surface area contributed by atoms with Gasteiger partial charge in [-0.25, -0.2) is 4.79 Å². The fourth-order valence-corrected chi connectivity index (χ4v) is 1.78. The molecule has 0 radical (unpaired) electrons. The summed E-state index contributed by atoms with van der Waals surface area (Å²) in [5.41, 5.74) is 20.2. The number of carbonyl (C=O) groups excluding carboxylic acids is 1. The molecule has 1 aliphatic heterocycles. The van der Waals surface area contributed by atoms with Crippen molar-refractivity contribution in [2.45, 2.75) is 6.23 Å². The van der Waals surface area contributed by atoms with E-state index in [1.165, 1.54) is 0 Å². The largest absolute Gasteiger partial charge is 0.506 e. The van der Waals surface area contributed by atoms with E-state index in [4.69, 9.17) is 33.8 Å². The third kappa shape index (κ3) is 1.56. The van der Waals surface area contributed by atoms with Gasteiger partial charge in [0.2, 0.25) is 6.23 Å². The number of esters is 1. The zero-order valence-corrected chi connectivity index (χ0v) is 9.65. The number of aliphatic hydroxyl groups excluding tert-OH is 1. The van der Waals surface area contributed by atoms with Crippen molar-refractivity contribution < 1.29 is 14.6 Å². The van der Waals surface area contributed by atoms with Gasteiger partial charge in [0, 0.05) is 5.57 Å². The summed E-state index contributed by atoms with van der Waals surface area (Å²) in [4.78, 5) is 11.6. The number of allylic oxidation sites excluding steroid dienone is 1. The number of aliphatic hydroxyl groups is 1. The van der Waals surface area contributed by atoms with E-state index in [9.17, 15) is 9.90 Å². The highest BCUT2D eigenvalue weighted by atomic mass is 16.6. The maximum Gasteiger partial charge on any atom is 0.344 e. The van der Waals surface area contributed by atoms with Crippen molar-refractivity contribution in [3.63, 3.8) is 0 Å². The number of rotatable bonds is 1. The number of nitrogens with one attached hydrogen (secondary N) is 2. The second-order valence-electron chi connectivity index (χ2n) is 3.95. The van der Waals surface area contributed by atoms with Gasteiger partial charge in [0.25, 0.3) is 0 Å². The van der Waals surface area contributed by atoms with E-state index in [1.54, 1.807) is 0 Å². The molecule has 1 heterocycles. The molecular weight excluding hydrogens is 252 g/mol. The minimum absolute atomic E-state index is 0.165. The summed E-state index contributed by atoms with van der Waals surface area (Å²) in [6.45, 7) is 0. The number of hydrogen-bond acceptors (Lipinski definition) is 9. The number of carbonyl (C=O) groups is 1. The monoisotopic (exact) mass is 264 g/mol. The first-order chi connectivity index (χ1) is 8.77. The predicted octanol–water partition coefficient (Wildman–Crippen LogP) is -1.96. The summed E-state index contributed by atoms with van der Waals surface area (Å²) in [5.74, 6) is -1.50. The van der Waals surface area contributed by atoms with Crippen molar-refractivity contribution in [3.05, 3.63) is 34.0 Å². The maximum atomic E-state index is 11.6. The molecule has 19 heavy (non-hydrogen) atoms. The number of cyclic esters (lactones) is 1. The zero-order chi connectivity index (χ0) is 14.5. The van der Waals surface area contributed by atoms with Crippen LogP contribution in [0.15, 0.2) is 34.0 Å². The van der Waals surface area contributed by atoms with E-state index < -0.39 is 18.0 Å². The van der Waals surface area contributed by atoms with E-state index in [1.807, 2.05) is 0 Å². The number of hydrogen-bond donors (Lipinski definition) is 7. The Labute approximate surface area is 107 Å². The van der Waals surface area contributed by atoms with Gasteiger partial charge in [0.1, 0.15) is 11.3 Å². The standard InChI is InChI=1S/C10H12N6O3/c11-3-1(2-8(17)9(16)19-10(2)18)4(12)6(14)7(15)5(3)13/h9,11,14,17H,12-13,15-16H2. The van der Waals surface area contributed by atoms with Crippen LogP contribution in [0, 0.1) is 10.8 Å². The van der Waals surface area contributed by atoms with Crippen LogP contribution in [0.5, 0.6) is 0 Å². The SMILES string of the molecule is N=C1C(N)=C(N)C(=N)C(C2=C(O)C(N)OC2=O)=C1N. The van der Waals surface area contributed by atoms with Crippen LogP contribution < -0.4 is 22.9 Å². The van der Waals surface area contributed by atoms with E-state index in [2.05, 4.69) is 4.74 Å². The van der Waals surface area contributed by atoms with E-state index in [0.717, 1.165) is 0 Å². The van der Waals surface area contributed by atoms with Crippen LogP contribution in [0.3, 0.4) is 0 Å². The van der Waals surface area contributed by atoms with Crippen LogP contribution in [0.1, 0.15) is 0 Å². The molecule has 9 nitrogen and oxygen atoms in total. The van der Waals surface area contributed by atoms with Crippen LogP contribution in [-0.2, 0) is 9.53 Å². The minimum atomic E-state index is -1.32. The lowest BCUT2D eigenvalue weighted by molar-refractivity contribution is -0.139. The van der Waals surface area contributed by atoms with Gasteiger partial charge in [-0.15, -0.1) is 0 Å². The second-order valence-corrected chi connectivity index (χ2v) is 3.95. The Morgan fingerprint density at radius 3 is 2.00 bits per heavy atom. The molecule has 0 saturated heterocycles. The topological polar surface area (TPSA) is 198 Å². The summed E-state index contributed by atoms with van der Waals surface area (Å²) in [6, 6.07) is 0. The van der Waals surface area contributed by atoms with Crippen molar-refractivity contribution >= 4 is 17.4 Å². The van der Waals surface area contributed by atoms with Crippen molar-refractivity contribution in [2.75, 3.05) is 0 Å². The normalized spacial score (nSPS) is 24.5. The van der Waals surface area contributed by atoms with Crippen LogP contribution in [0.25, 0.3) is 0 Å². The smallest absolute Gasteiger partial charge is 0.344 e. The molecule has 0 aromatic heterocycles. The molecule has 1 unspecified atom stereocenters. The zero-order valence-electron chi connectivity index (χ0n) is 9.65. The summed E-state index contributed by atoms with van der Waals surface area (Å²) in [6.07, 6.45) is -1.32. The van der Waals surface area contributed by atoms with Gasteiger partial charge in [-0.1, -0.05) is 0 Å². The van der Waals surface area contributed by atoms with Crippen molar-refractivity contribution in [1.82, 2.24) is 0 Å². The first kappa shape index (κ1) is 12.6. The third-order valence-corrected chi connectivity index (χ3v) is 2.83. The van der Waals surface area contributed by atoms with Crippen LogP contribution in [-0.4, -0.2) is 28.7 Å². The molecule has 2 aliphatic rings. The summed E-state index contributed by atoms with van der Waals surface area (Å²) < 4.78 is 4.60. The lowest BCUT2D eigenvalue weighted by Crippen LogP contribution is -2.35. The molecule has 0 saturated carbocycles. The Kier molecular flexibility index (Phi) is 2.56. The fourth-order valence-electron chi connectivity index (χ4n) is 1.78. The van der Waals surface area contributed by atoms with Crippen LogP contribution in [0.2, 0.25) is 0 Å². The van der Waals surface area contributed by atoms with Crippen molar-refractivity contribution in [1.29, 1.82) is 10.8 Å². The fraction of sp³-hybridized carbons (Fsp3) is 0.100. The van der Waals surface area contributed by atoms with Crippen LogP contribution >= 0.6 is 0 Å². The van der Waals surface area contributed by atoms with Gasteiger partial charge < -0.3 is 27.0 Å². The average molecular weight is 264 g/mol. The molecule has 0 aromatic carbocycles. The molecule has 9 heteroatoms. The molecule has 0 spiro atoms. The van der Waals surface area contributed by atoms with Gasteiger partial charge in [-0.2, -0.15) is 0 Å². The summed E-state index contributed by atoms with van der Waals surface area (Å²) in [7, 11) is 0. The molecule has 100 valence electrons. The van der Waals surface area contributed by atoms with Gasteiger partial charge >= 0.3 is 5.97 Å². The summed E-state index contributed by atoms with van der Waals surface area (Å²) >= 11 is 0. The van der Waals surface area contributed by atoms with Crippen molar-refractivity contribution in [3.8, 4) is 0 Å². The molecular formula is C10H12N6O3. The van der Waals surface area contributed by atoms with Gasteiger partial charge in [-0.05, 0) is 0 Å². The number of nitrogens with two attached hydrogens (primary N) is 4. The molecule has 0 amide bonds. The third-order valence-electron chi connectivity index (χ3n) is 2.83. The van der Waals surface area contributed by atoms with E-state index in [0.29, 0.717) is 0 Å². The second kappa shape index (κ2) is 3.85. The van der Waals surface area contributed by atoms with Gasteiger partial charge in [-0.3, -0.25) is 16.6 Å². The lowest BCUT2D eigenvalue weighted by Gasteiger charge is -2.21. The maximum absolute atomic E-state index is 11.6. The molecule has 0 fully saturated rings. The summed E-state index contributed by atoms with van der Waals surface area (Å²) in [5, 5.41) is 25.2. The Morgan fingerprint density at radius 2 is 1.53 bits per heavy atom. The highest BCUT2D eigenvalue weighted by molar-refractivity contribution is 6.30. The quantitative estimate of drug-likeness (QED) is 0.210. The predicted molar refractivity (Wildman–Crippen MR) is 65.8 cm³/mol. The molecule has 0 aromatic rings. The Hall–Kier alpha value is -2.81. The van der Waals surface area contributed by atoms with E-state index in [-0.39, 0.29) is 39.7 Å².